The van der Waals surface area contributed by atoms with Gasteiger partial charge in [0.1, 0.15) is 12.1 Å². The summed E-state index contributed by atoms with van der Waals surface area (Å²) >= 11 is 0. The normalized spacial score (nSPS) is 17.6. The zero-order chi connectivity index (χ0) is 26.0. The molecule has 2 amide bonds. The van der Waals surface area contributed by atoms with E-state index in [1.54, 1.807) is 13.8 Å². The van der Waals surface area contributed by atoms with E-state index in [4.69, 9.17) is 5.73 Å². The lowest BCUT2D eigenvalue weighted by Crippen LogP contribution is -2.54. The van der Waals surface area contributed by atoms with Gasteiger partial charge in [0.15, 0.2) is 0 Å². The average Bonchev–Trinajstić information content (AvgIpc) is 3.30. The number of hydrogen-bond acceptors (Lipinski definition) is 6. The molecule has 1 aromatic rings. The zero-order valence-electron chi connectivity index (χ0n) is 20.5. The molecule has 1 saturated heterocycles. The van der Waals surface area contributed by atoms with E-state index in [1.807, 2.05) is 30.3 Å². The van der Waals surface area contributed by atoms with Gasteiger partial charge in [-0.25, -0.2) is 4.79 Å². The largest absolute Gasteiger partial charge is 0.480 e. The number of carboxylic acid groups (broad SMARTS) is 2. The lowest BCUT2D eigenvalue weighted by atomic mass is 10.0. The number of rotatable bonds is 14. The molecule has 1 heterocycles. The Morgan fingerprint density at radius 2 is 1.77 bits per heavy atom. The molecule has 1 fully saturated rings. The Balaban J connectivity index is 2.04. The Hall–Kier alpha value is -2.98. The third kappa shape index (κ3) is 8.95. The molecule has 0 aromatic heterocycles. The highest BCUT2D eigenvalue weighted by atomic mass is 16.4. The van der Waals surface area contributed by atoms with E-state index in [2.05, 4.69) is 10.6 Å². The number of carbonyl (C=O) groups is 4. The van der Waals surface area contributed by atoms with Gasteiger partial charge in [-0.3, -0.25) is 19.7 Å². The van der Waals surface area contributed by atoms with Gasteiger partial charge in [0.2, 0.25) is 11.8 Å². The maximum absolute atomic E-state index is 13.3. The van der Waals surface area contributed by atoms with E-state index in [0.29, 0.717) is 51.6 Å². The molecule has 0 saturated carbocycles. The summed E-state index contributed by atoms with van der Waals surface area (Å²) in [6, 6.07) is 6.78. The number of benzene rings is 1. The van der Waals surface area contributed by atoms with Gasteiger partial charge in [-0.05, 0) is 64.4 Å². The highest BCUT2D eigenvalue weighted by molar-refractivity contribution is 5.88. The monoisotopic (exact) mass is 490 g/mol. The van der Waals surface area contributed by atoms with E-state index >= 15 is 0 Å². The second-order valence-electron chi connectivity index (χ2n) is 9.64. The van der Waals surface area contributed by atoms with Crippen molar-refractivity contribution in [3.05, 3.63) is 35.9 Å². The van der Waals surface area contributed by atoms with Crippen LogP contribution in [0.4, 0.5) is 0 Å². The van der Waals surface area contributed by atoms with Crippen molar-refractivity contribution in [2.75, 3.05) is 13.1 Å². The smallest absolute Gasteiger partial charge is 0.326 e. The molecule has 2 rings (SSSR count). The van der Waals surface area contributed by atoms with Gasteiger partial charge in [-0.15, -0.1) is 0 Å². The van der Waals surface area contributed by atoms with Crippen LogP contribution in [0.15, 0.2) is 30.3 Å². The molecule has 10 heteroatoms. The standard InChI is InChI=1S/C25H38N4O6/c1-25(2,26)24(35)27-15-7-6-11-18(21(30)29-16-8-12-20(29)23(33)34)28-19(22(31)32)14-13-17-9-4-3-5-10-17/h3-5,9-10,18-20,28H,6-8,11-16,26H2,1-2H3,(H,27,35)(H,31,32)(H,33,34)/t18-,19?,20-/m0/s1. The van der Waals surface area contributed by atoms with Crippen LogP contribution >= 0.6 is 0 Å². The summed E-state index contributed by atoms with van der Waals surface area (Å²) in [4.78, 5) is 50.2. The quantitative estimate of drug-likeness (QED) is 0.242. The first-order chi connectivity index (χ1) is 16.5. The Labute approximate surface area is 206 Å². The van der Waals surface area contributed by atoms with Crippen molar-refractivity contribution in [1.82, 2.24) is 15.5 Å². The summed E-state index contributed by atoms with van der Waals surface area (Å²) in [5.41, 5.74) is 5.77. The number of aliphatic carboxylic acids is 2. The van der Waals surface area contributed by atoms with Gasteiger partial charge < -0.3 is 26.2 Å². The molecule has 1 aliphatic rings. The number of aryl methyl sites for hydroxylation is 1. The fourth-order valence-electron chi connectivity index (χ4n) is 4.15. The molecule has 10 nitrogen and oxygen atoms in total. The molecule has 0 radical (unpaired) electrons. The SMILES string of the molecule is CC(C)(N)C(=O)NCCCC[C@H](NC(CCc1ccccc1)C(=O)O)C(=O)N1CCC[C@H]1C(=O)O. The number of likely N-dealkylation sites (tertiary alicyclic amines) is 1. The van der Waals surface area contributed by atoms with Crippen molar-refractivity contribution in [3.63, 3.8) is 0 Å². The predicted molar refractivity (Wildman–Crippen MR) is 131 cm³/mol. The third-order valence-electron chi connectivity index (χ3n) is 6.17. The van der Waals surface area contributed by atoms with Crippen LogP contribution in [0.1, 0.15) is 57.9 Å². The van der Waals surface area contributed by atoms with Crippen LogP contribution in [0.5, 0.6) is 0 Å². The van der Waals surface area contributed by atoms with Gasteiger partial charge in [0.25, 0.3) is 0 Å². The number of nitrogens with two attached hydrogens (primary N) is 1. The average molecular weight is 491 g/mol. The van der Waals surface area contributed by atoms with Crippen molar-refractivity contribution in [2.24, 2.45) is 5.73 Å². The fraction of sp³-hybridized carbons (Fsp3) is 0.600. The third-order valence-corrected chi connectivity index (χ3v) is 6.17. The highest BCUT2D eigenvalue weighted by Crippen LogP contribution is 2.20. The van der Waals surface area contributed by atoms with Crippen molar-refractivity contribution >= 4 is 23.8 Å². The van der Waals surface area contributed by atoms with Gasteiger partial charge in [-0.2, -0.15) is 0 Å². The predicted octanol–water partition coefficient (Wildman–Crippen LogP) is 1.13. The number of nitrogens with one attached hydrogen (secondary N) is 2. The highest BCUT2D eigenvalue weighted by Gasteiger charge is 2.38. The molecule has 3 atom stereocenters. The second kappa shape index (κ2) is 13.2. The van der Waals surface area contributed by atoms with Crippen molar-refractivity contribution in [3.8, 4) is 0 Å². The lowest BCUT2D eigenvalue weighted by Gasteiger charge is -2.29. The molecule has 0 spiro atoms. The van der Waals surface area contributed by atoms with Crippen molar-refractivity contribution in [1.29, 1.82) is 0 Å². The first-order valence-electron chi connectivity index (χ1n) is 12.1. The Bertz CT molecular complexity index is 870. The number of carboxylic acids is 2. The molecule has 194 valence electrons. The maximum Gasteiger partial charge on any atom is 0.326 e. The number of hydrogen-bond donors (Lipinski definition) is 5. The van der Waals surface area contributed by atoms with Crippen LogP contribution in [-0.4, -0.2) is 75.6 Å². The van der Waals surface area contributed by atoms with Gasteiger partial charge >= 0.3 is 11.9 Å². The Morgan fingerprint density at radius 3 is 2.37 bits per heavy atom. The minimum Gasteiger partial charge on any atom is -0.480 e. The summed E-state index contributed by atoms with van der Waals surface area (Å²) in [6.07, 6.45) is 3.19. The molecule has 1 aliphatic heterocycles. The number of carbonyl (C=O) groups excluding carboxylic acids is 2. The molecule has 1 aromatic carbocycles. The Morgan fingerprint density at radius 1 is 1.09 bits per heavy atom. The fourth-order valence-corrected chi connectivity index (χ4v) is 4.15. The van der Waals surface area contributed by atoms with Crippen LogP contribution < -0.4 is 16.4 Å². The van der Waals surface area contributed by atoms with E-state index in [9.17, 15) is 29.4 Å². The van der Waals surface area contributed by atoms with Gasteiger partial charge in [0.05, 0.1) is 11.6 Å². The number of amides is 2. The van der Waals surface area contributed by atoms with Crippen LogP contribution in [0.25, 0.3) is 0 Å². The van der Waals surface area contributed by atoms with E-state index in [1.165, 1.54) is 4.90 Å². The molecule has 35 heavy (non-hydrogen) atoms. The molecule has 1 unspecified atom stereocenters. The number of nitrogens with zero attached hydrogens (tertiary/aromatic N) is 1. The number of unbranched alkanes of at least 4 members (excludes halogenated alkanes) is 1. The second-order valence-corrected chi connectivity index (χ2v) is 9.64. The topological polar surface area (TPSA) is 162 Å². The summed E-state index contributed by atoms with van der Waals surface area (Å²) in [5.74, 6) is -2.79. The minimum absolute atomic E-state index is 0.281. The minimum atomic E-state index is -1.06. The van der Waals surface area contributed by atoms with Crippen LogP contribution in [-0.2, 0) is 25.6 Å². The van der Waals surface area contributed by atoms with Crippen molar-refractivity contribution < 1.29 is 29.4 Å². The summed E-state index contributed by atoms with van der Waals surface area (Å²) in [7, 11) is 0. The van der Waals surface area contributed by atoms with Gasteiger partial charge in [0, 0.05) is 13.1 Å². The van der Waals surface area contributed by atoms with E-state index < -0.39 is 41.5 Å². The van der Waals surface area contributed by atoms with E-state index in [-0.39, 0.29) is 12.3 Å². The van der Waals surface area contributed by atoms with Crippen molar-refractivity contribution in [2.45, 2.75) is 82.5 Å². The molecule has 0 aliphatic carbocycles. The Kier molecular flexibility index (Phi) is 10.7. The summed E-state index contributed by atoms with van der Waals surface area (Å²) in [5, 5.41) is 25.0. The van der Waals surface area contributed by atoms with Crippen LogP contribution in [0, 0.1) is 0 Å². The summed E-state index contributed by atoms with van der Waals surface area (Å²) < 4.78 is 0. The van der Waals surface area contributed by atoms with E-state index in [0.717, 1.165) is 5.56 Å². The molecular formula is C25H38N4O6. The van der Waals surface area contributed by atoms with Gasteiger partial charge in [-0.1, -0.05) is 30.3 Å². The lowest BCUT2D eigenvalue weighted by molar-refractivity contribution is -0.149. The van der Waals surface area contributed by atoms with Crippen LogP contribution in [0.3, 0.4) is 0 Å². The molecule has 6 N–H and O–H groups in total. The first kappa shape index (κ1) is 28.3. The zero-order valence-corrected chi connectivity index (χ0v) is 20.5. The molecular weight excluding hydrogens is 452 g/mol. The molecule has 0 bridgehead atoms. The summed E-state index contributed by atoms with van der Waals surface area (Å²) in [6.45, 7) is 3.92. The first-order valence-corrected chi connectivity index (χ1v) is 12.1. The maximum atomic E-state index is 13.3. The van der Waals surface area contributed by atoms with Crippen LogP contribution in [0.2, 0.25) is 0 Å².